The van der Waals surface area contributed by atoms with E-state index in [2.05, 4.69) is 21.3 Å². The molecule has 1 aliphatic rings. The molecule has 4 amide bonds. The molecule has 1 saturated heterocycles. The molecule has 296 valence electrons. The maximum atomic E-state index is 13.2. The Labute approximate surface area is 311 Å². The molecular formula is C35H56N8O10. The van der Waals surface area contributed by atoms with E-state index in [9.17, 15) is 33.6 Å². The predicted octanol–water partition coefficient (Wildman–Crippen LogP) is -1.81. The van der Waals surface area contributed by atoms with E-state index in [0.717, 1.165) is 5.56 Å². The van der Waals surface area contributed by atoms with Gasteiger partial charge in [-0.3, -0.25) is 53.2 Å². The maximum absolute atomic E-state index is 13.2. The van der Waals surface area contributed by atoms with Gasteiger partial charge in [-0.25, -0.2) is 0 Å². The minimum Gasteiger partial charge on any atom is -0.465 e. The Morgan fingerprint density at radius 2 is 0.774 bits per heavy atom. The number of hydrogen-bond acceptors (Lipinski definition) is 14. The Balaban J connectivity index is 2.25. The van der Waals surface area contributed by atoms with E-state index in [0.29, 0.717) is 58.0 Å². The first-order valence-corrected chi connectivity index (χ1v) is 17.9. The molecule has 1 heterocycles. The Bertz CT molecular complexity index is 1290. The molecule has 4 N–H and O–H groups in total. The SMILES string of the molecule is CCOC(=O)CNC(=O)CN1CCN(CC(=O)NCC(=O)OCC)CCN(CC(=O)Nc2ccc(C)cc2)CCN(CC(=O)NCC(=O)OCC)CC1. The molecule has 0 saturated carbocycles. The van der Waals surface area contributed by atoms with Gasteiger partial charge in [-0.05, 0) is 39.8 Å². The fraction of sp³-hybridized carbons (Fsp3) is 0.629. The topological polar surface area (TPSA) is 208 Å². The number of nitrogens with zero attached hydrogens (tertiary/aromatic N) is 4. The number of anilines is 1. The molecule has 1 aromatic rings. The fourth-order valence-corrected chi connectivity index (χ4v) is 5.18. The lowest BCUT2D eigenvalue weighted by Gasteiger charge is -2.33. The Hall–Kier alpha value is -4.65. The van der Waals surface area contributed by atoms with Gasteiger partial charge in [-0.2, -0.15) is 0 Å². The van der Waals surface area contributed by atoms with Gasteiger partial charge < -0.3 is 35.5 Å². The number of amides is 4. The first kappa shape index (κ1) is 44.5. The highest BCUT2D eigenvalue weighted by molar-refractivity contribution is 5.92. The zero-order valence-electron chi connectivity index (χ0n) is 31.4. The molecule has 0 spiro atoms. The number of aryl methyl sites for hydroxylation is 1. The standard InChI is InChI=1S/C35H56N8O10/c1-5-51-33(48)20-36-29(44)23-40-12-14-41(24-30(45)37-21-34(49)52-6-2)16-18-43(26-32(47)39-28-10-8-27(4)9-11-28)19-17-42(15-13-40)25-31(46)38-22-35(50)53-7-3/h8-11H,5-7,12-26H2,1-4H3,(H,36,44)(H,37,45)(H,38,46)(H,39,47). The van der Waals surface area contributed by atoms with Crippen LogP contribution in [-0.4, -0.2) is 179 Å². The normalized spacial score (nSPS) is 15.2. The van der Waals surface area contributed by atoms with Crippen molar-refractivity contribution in [1.82, 2.24) is 35.6 Å². The van der Waals surface area contributed by atoms with Crippen LogP contribution in [0.1, 0.15) is 26.3 Å². The van der Waals surface area contributed by atoms with Crippen LogP contribution in [0.5, 0.6) is 0 Å². The van der Waals surface area contributed by atoms with Gasteiger partial charge in [-0.1, -0.05) is 17.7 Å². The molecule has 0 unspecified atom stereocenters. The van der Waals surface area contributed by atoms with Crippen LogP contribution in [0.15, 0.2) is 24.3 Å². The quantitative estimate of drug-likeness (QED) is 0.0965. The number of rotatable bonds is 18. The average Bonchev–Trinajstić information content (AvgIpc) is 3.11. The van der Waals surface area contributed by atoms with Crippen molar-refractivity contribution in [2.24, 2.45) is 0 Å². The summed E-state index contributed by atoms with van der Waals surface area (Å²) in [4.78, 5) is 94.8. The van der Waals surface area contributed by atoms with Crippen molar-refractivity contribution in [2.75, 3.05) is 123 Å². The molecule has 53 heavy (non-hydrogen) atoms. The van der Waals surface area contributed by atoms with Crippen molar-refractivity contribution < 1.29 is 47.8 Å². The van der Waals surface area contributed by atoms with Crippen molar-refractivity contribution in [3.05, 3.63) is 29.8 Å². The predicted molar refractivity (Wildman–Crippen MR) is 194 cm³/mol. The summed E-state index contributed by atoms with van der Waals surface area (Å²) < 4.78 is 14.7. The molecule has 2 rings (SSSR count). The van der Waals surface area contributed by atoms with Gasteiger partial charge in [0.15, 0.2) is 0 Å². The highest BCUT2D eigenvalue weighted by Crippen LogP contribution is 2.09. The Kier molecular flexibility index (Phi) is 21.3. The van der Waals surface area contributed by atoms with Crippen LogP contribution in [0.25, 0.3) is 0 Å². The van der Waals surface area contributed by atoms with Crippen molar-refractivity contribution in [1.29, 1.82) is 0 Å². The second kappa shape index (κ2) is 25.3. The van der Waals surface area contributed by atoms with Crippen LogP contribution in [0.3, 0.4) is 0 Å². The van der Waals surface area contributed by atoms with Crippen LogP contribution in [0.4, 0.5) is 5.69 Å². The summed E-state index contributed by atoms with van der Waals surface area (Å²) in [6, 6.07) is 7.43. The van der Waals surface area contributed by atoms with E-state index < -0.39 is 35.6 Å². The summed E-state index contributed by atoms with van der Waals surface area (Å²) in [6.45, 7) is 9.31. The maximum Gasteiger partial charge on any atom is 0.325 e. The Morgan fingerprint density at radius 3 is 1.06 bits per heavy atom. The first-order chi connectivity index (χ1) is 25.4. The number of esters is 3. The zero-order valence-corrected chi connectivity index (χ0v) is 31.4. The van der Waals surface area contributed by atoms with Crippen LogP contribution in [-0.2, 0) is 47.8 Å². The highest BCUT2D eigenvalue weighted by atomic mass is 16.5. The van der Waals surface area contributed by atoms with Gasteiger partial charge in [0.25, 0.3) is 0 Å². The van der Waals surface area contributed by atoms with Gasteiger partial charge in [0.1, 0.15) is 19.6 Å². The molecule has 18 nitrogen and oxygen atoms in total. The third-order valence-electron chi connectivity index (χ3n) is 7.94. The lowest BCUT2D eigenvalue weighted by molar-refractivity contribution is -0.144. The molecule has 1 aromatic carbocycles. The van der Waals surface area contributed by atoms with E-state index in [1.54, 1.807) is 20.8 Å². The van der Waals surface area contributed by atoms with E-state index in [-0.39, 0.29) is 71.5 Å². The summed E-state index contributed by atoms with van der Waals surface area (Å²) in [5.74, 6) is -3.11. The van der Waals surface area contributed by atoms with Gasteiger partial charge in [0.05, 0.1) is 46.0 Å². The van der Waals surface area contributed by atoms with E-state index >= 15 is 0 Å². The summed E-state index contributed by atoms with van der Waals surface area (Å²) >= 11 is 0. The summed E-state index contributed by atoms with van der Waals surface area (Å²) in [7, 11) is 0. The molecule has 0 radical (unpaired) electrons. The number of ether oxygens (including phenoxy) is 3. The monoisotopic (exact) mass is 748 g/mol. The van der Waals surface area contributed by atoms with Crippen LogP contribution < -0.4 is 21.3 Å². The number of carbonyl (C=O) groups is 7. The zero-order chi connectivity index (χ0) is 39.0. The molecule has 18 heteroatoms. The summed E-state index contributed by atoms with van der Waals surface area (Å²) in [5, 5.41) is 10.6. The molecule has 0 aliphatic carbocycles. The summed E-state index contributed by atoms with van der Waals surface area (Å²) in [5.41, 5.74) is 1.71. The second-order valence-corrected chi connectivity index (χ2v) is 12.3. The van der Waals surface area contributed by atoms with Crippen LogP contribution in [0.2, 0.25) is 0 Å². The smallest absolute Gasteiger partial charge is 0.325 e. The number of nitrogens with one attached hydrogen (secondary N) is 4. The second-order valence-electron chi connectivity index (χ2n) is 12.3. The number of hydrogen-bond donors (Lipinski definition) is 4. The molecule has 0 atom stereocenters. The van der Waals surface area contributed by atoms with Crippen molar-refractivity contribution in [3.8, 4) is 0 Å². The molecule has 0 aromatic heterocycles. The highest BCUT2D eigenvalue weighted by Gasteiger charge is 2.22. The van der Waals surface area contributed by atoms with Crippen molar-refractivity contribution in [2.45, 2.75) is 27.7 Å². The lowest BCUT2D eigenvalue weighted by Crippen LogP contribution is -2.51. The third-order valence-corrected chi connectivity index (χ3v) is 7.94. The number of benzene rings is 1. The van der Waals surface area contributed by atoms with E-state index in [1.807, 2.05) is 50.8 Å². The van der Waals surface area contributed by atoms with Gasteiger partial charge >= 0.3 is 17.9 Å². The minimum absolute atomic E-state index is 0.0342. The van der Waals surface area contributed by atoms with Gasteiger partial charge in [0, 0.05) is 58.0 Å². The van der Waals surface area contributed by atoms with Crippen molar-refractivity contribution in [3.63, 3.8) is 0 Å². The first-order valence-electron chi connectivity index (χ1n) is 17.9. The number of carbonyl (C=O) groups excluding carboxylic acids is 7. The molecule has 1 fully saturated rings. The van der Waals surface area contributed by atoms with E-state index in [4.69, 9.17) is 14.2 Å². The van der Waals surface area contributed by atoms with Crippen LogP contribution in [0, 0.1) is 6.92 Å². The average molecular weight is 749 g/mol. The van der Waals surface area contributed by atoms with Crippen molar-refractivity contribution >= 4 is 47.2 Å². The minimum atomic E-state index is -0.563. The van der Waals surface area contributed by atoms with E-state index in [1.165, 1.54) is 0 Å². The lowest BCUT2D eigenvalue weighted by atomic mass is 10.2. The van der Waals surface area contributed by atoms with Gasteiger partial charge in [0.2, 0.25) is 23.6 Å². The fourth-order valence-electron chi connectivity index (χ4n) is 5.18. The van der Waals surface area contributed by atoms with Crippen LogP contribution >= 0.6 is 0 Å². The molecule has 0 bridgehead atoms. The summed E-state index contributed by atoms with van der Waals surface area (Å²) in [6.07, 6.45) is 0. The third kappa shape index (κ3) is 20.2. The molecule has 1 aliphatic heterocycles. The largest absolute Gasteiger partial charge is 0.465 e. The van der Waals surface area contributed by atoms with Gasteiger partial charge in [-0.15, -0.1) is 0 Å². The Morgan fingerprint density at radius 1 is 0.491 bits per heavy atom. The molecular weight excluding hydrogens is 692 g/mol.